The van der Waals surface area contributed by atoms with Crippen LogP contribution in [0.1, 0.15) is 26.7 Å². The molecule has 1 aromatic carbocycles. The van der Waals surface area contributed by atoms with Crippen molar-refractivity contribution in [2.24, 2.45) is 5.41 Å². The Hall–Kier alpha value is -2.62. The molecule has 1 aromatic heterocycles. The van der Waals surface area contributed by atoms with Crippen LogP contribution in [0.15, 0.2) is 54.7 Å². The van der Waals surface area contributed by atoms with E-state index in [4.69, 9.17) is 4.74 Å². The maximum Gasteiger partial charge on any atom is 0.235 e. The Morgan fingerprint density at radius 3 is 2.67 bits per heavy atom. The van der Waals surface area contributed by atoms with E-state index in [1.807, 2.05) is 50.2 Å². The van der Waals surface area contributed by atoms with Gasteiger partial charge in [0.15, 0.2) is 0 Å². The lowest BCUT2D eigenvalue weighted by atomic mass is 9.98. The summed E-state index contributed by atoms with van der Waals surface area (Å²) in [6.07, 6.45) is 3.51. The van der Waals surface area contributed by atoms with Gasteiger partial charge < -0.3 is 10.1 Å². The third-order valence-corrected chi connectivity index (χ3v) is 4.49. The fraction of sp³-hybridized carbons (Fsp3) is 0.300. The largest absolute Gasteiger partial charge is 0.494 e. The number of hydrogen-bond acceptors (Lipinski definition) is 3. The minimum absolute atomic E-state index is 0.00593. The van der Waals surface area contributed by atoms with Crippen LogP contribution in [-0.2, 0) is 4.79 Å². The number of amides is 1. The second kappa shape index (κ2) is 6.48. The van der Waals surface area contributed by atoms with Gasteiger partial charge in [-0.2, -0.15) is 0 Å². The molecule has 0 spiro atoms. The van der Waals surface area contributed by atoms with E-state index in [0.717, 1.165) is 35.3 Å². The average molecular weight is 322 g/mol. The molecule has 124 valence electrons. The van der Waals surface area contributed by atoms with Crippen molar-refractivity contribution < 1.29 is 9.53 Å². The highest BCUT2D eigenvalue weighted by molar-refractivity contribution is 5.98. The number of ether oxygens (including phenoxy) is 1. The molecule has 4 nitrogen and oxygen atoms in total. The highest BCUT2D eigenvalue weighted by atomic mass is 16.5. The number of nitrogens with one attached hydrogen (secondary N) is 1. The molecule has 2 aromatic rings. The van der Waals surface area contributed by atoms with E-state index in [9.17, 15) is 4.79 Å². The van der Waals surface area contributed by atoms with Crippen molar-refractivity contribution >= 4 is 11.7 Å². The zero-order valence-electron chi connectivity index (χ0n) is 14.1. The first-order valence-electron chi connectivity index (χ1n) is 8.22. The molecule has 1 amide bonds. The summed E-state index contributed by atoms with van der Waals surface area (Å²) in [5.41, 5.74) is 2.55. The molecule has 0 radical (unpaired) electrons. The molecule has 0 unspecified atom stereocenters. The van der Waals surface area contributed by atoms with Gasteiger partial charge in [0, 0.05) is 11.8 Å². The van der Waals surface area contributed by atoms with Gasteiger partial charge in [0.05, 0.1) is 12.0 Å². The van der Waals surface area contributed by atoms with Crippen molar-refractivity contribution in [3.05, 3.63) is 54.7 Å². The number of carbonyl (C=O) groups is 1. The number of pyridine rings is 1. The fourth-order valence-electron chi connectivity index (χ4n) is 2.78. The van der Waals surface area contributed by atoms with Crippen molar-refractivity contribution in [3.63, 3.8) is 0 Å². The summed E-state index contributed by atoms with van der Waals surface area (Å²) in [5, 5.41) is 2.90. The predicted molar refractivity (Wildman–Crippen MR) is 96.0 cm³/mol. The number of rotatable bonds is 6. The summed E-state index contributed by atoms with van der Waals surface area (Å²) < 4.78 is 5.53. The number of anilines is 1. The van der Waals surface area contributed by atoms with Crippen LogP contribution in [-0.4, -0.2) is 17.5 Å². The number of hydrogen-bond donors (Lipinski definition) is 1. The lowest BCUT2D eigenvalue weighted by molar-refractivity contribution is -0.119. The molecule has 1 fully saturated rings. The molecular weight excluding hydrogens is 300 g/mol. The summed E-state index contributed by atoms with van der Waals surface area (Å²) in [6, 6.07) is 11.7. The minimum Gasteiger partial charge on any atom is -0.494 e. The van der Waals surface area contributed by atoms with Crippen molar-refractivity contribution in [1.29, 1.82) is 0 Å². The van der Waals surface area contributed by atoms with Gasteiger partial charge in [-0.1, -0.05) is 24.3 Å². The van der Waals surface area contributed by atoms with Crippen LogP contribution < -0.4 is 10.1 Å². The van der Waals surface area contributed by atoms with Crippen LogP contribution >= 0.6 is 0 Å². The maximum atomic E-state index is 12.4. The van der Waals surface area contributed by atoms with E-state index in [-0.39, 0.29) is 11.3 Å². The standard InChI is InChI=1S/C20H22N2O2/c1-4-24-17-7-5-6-15(12-17)16-8-9-18(21-13-16)22-19(23)20(10-11-20)14(2)3/h5-9,12-13H,2,4,10-11H2,1,3H3,(H,21,22,23). The molecule has 24 heavy (non-hydrogen) atoms. The molecule has 0 bridgehead atoms. The van der Waals surface area contributed by atoms with Crippen LogP contribution in [0.3, 0.4) is 0 Å². The first-order chi connectivity index (χ1) is 11.5. The molecule has 1 heterocycles. The predicted octanol–water partition coefficient (Wildman–Crippen LogP) is 4.44. The van der Waals surface area contributed by atoms with Gasteiger partial charge in [0.25, 0.3) is 0 Å². The van der Waals surface area contributed by atoms with Crippen LogP contribution in [0, 0.1) is 5.41 Å². The molecule has 0 aliphatic heterocycles. The second-order valence-electron chi connectivity index (χ2n) is 6.21. The normalized spacial score (nSPS) is 14.8. The van der Waals surface area contributed by atoms with Crippen molar-refractivity contribution in [3.8, 4) is 16.9 Å². The van der Waals surface area contributed by atoms with Crippen LogP contribution in [0.25, 0.3) is 11.1 Å². The van der Waals surface area contributed by atoms with E-state index >= 15 is 0 Å². The Bertz CT molecular complexity index is 761. The Morgan fingerprint density at radius 1 is 1.29 bits per heavy atom. The van der Waals surface area contributed by atoms with Crippen molar-refractivity contribution in [1.82, 2.24) is 4.98 Å². The van der Waals surface area contributed by atoms with Gasteiger partial charge >= 0.3 is 0 Å². The number of aromatic nitrogens is 1. The lowest BCUT2D eigenvalue weighted by Gasteiger charge is -2.14. The second-order valence-corrected chi connectivity index (χ2v) is 6.21. The molecule has 4 heteroatoms. The Labute approximate surface area is 142 Å². The SMILES string of the molecule is C=C(C)C1(C(=O)Nc2ccc(-c3cccc(OCC)c3)cn2)CC1. The molecule has 0 saturated heterocycles. The summed E-state index contributed by atoms with van der Waals surface area (Å²) in [4.78, 5) is 16.8. The summed E-state index contributed by atoms with van der Waals surface area (Å²) in [6.45, 7) is 8.44. The van der Waals surface area contributed by atoms with Gasteiger partial charge in [-0.25, -0.2) is 4.98 Å². The van der Waals surface area contributed by atoms with E-state index in [1.54, 1.807) is 6.20 Å². The third-order valence-electron chi connectivity index (χ3n) is 4.49. The Morgan fingerprint density at radius 2 is 2.08 bits per heavy atom. The van der Waals surface area contributed by atoms with Gasteiger partial charge in [0.2, 0.25) is 5.91 Å². The first kappa shape index (κ1) is 16.2. The first-order valence-corrected chi connectivity index (χ1v) is 8.22. The van der Waals surface area contributed by atoms with Gasteiger partial charge in [-0.3, -0.25) is 4.79 Å². The summed E-state index contributed by atoms with van der Waals surface area (Å²) in [7, 11) is 0. The Balaban J connectivity index is 1.73. The molecule has 1 aliphatic rings. The number of nitrogens with zero attached hydrogens (tertiary/aromatic N) is 1. The third kappa shape index (κ3) is 3.18. The van der Waals surface area contributed by atoms with Crippen molar-refractivity contribution in [2.75, 3.05) is 11.9 Å². The van der Waals surface area contributed by atoms with Crippen LogP contribution in [0.5, 0.6) is 5.75 Å². The van der Waals surface area contributed by atoms with E-state index in [1.165, 1.54) is 0 Å². The quantitative estimate of drug-likeness (QED) is 0.800. The highest BCUT2D eigenvalue weighted by Crippen LogP contribution is 2.51. The molecule has 0 atom stereocenters. The van der Waals surface area contributed by atoms with E-state index < -0.39 is 0 Å². The topological polar surface area (TPSA) is 51.2 Å². The Kier molecular flexibility index (Phi) is 4.38. The van der Waals surface area contributed by atoms with Gasteiger partial charge in [0.1, 0.15) is 11.6 Å². The van der Waals surface area contributed by atoms with Gasteiger partial charge in [-0.05, 0) is 56.5 Å². The number of benzene rings is 1. The monoisotopic (exact) mass is 322 g/mol. The molecule has 3 rings (SSSR count). The zero-order chi connectivity index (χ0) is 17.2. The minimum atomic E-state index is -0.383. The smallest absolute Gasteiger partial charge is 0.235 e. The lowest BCUT2D eigenvalue weighted by Crippen LogP contribution is -2.25. The van der Waals surface area contributed by atoms with E-state index in [0.29, 0.717) is 12.4 Å². The molecule has 1 aliphatic carbocycles. The number of carbonyl (C=O) groups excluding carboxylic acids is 1. The zero-order valence-corrected chi connectivity index (χ0v) is 14.1. The summed E-state index contributed by atoms with van der Waals surface area (Å²) >= 11 is 0. The van der Waals surface area contributed by atoms with Gasteiger partial charge in [-0.15, -0.1) is 0 Å². The van der Waals surface area contributed by atoms with Crippen LogP contribution in [0.4, 0.5) is 5.82 Å². The average Bonchev–Trinajstić information content (AvgIpc) is 3.38. The van der Waals surface area contributed by atoms with E-state index in [2.05, 4.69) is 16.9 Å². The molecular formula is C20H22N2O2. The maximum absolute atomic E-state index is 12.4. The molecule has 1 saturated carbocycles. The summed E-state index contributed by atoms with van der Waals surface area (Å²) in [5.74, 6) is 1.40. The molecule has 1 N–H and O–H groups in total. The van der Waals surface area contributed by atoms with Crippen molar-refractivity contribution in [2.45, 2.75) is 26.7 Å². The highest BCUT2D eigenvalue weighted by Gasteiger charge is 2.50. The fourth-order valence-corrected chi connectivity index (χ4v) is 2.78. The van der Waals surface area contributed by atoms with Crippen LogP contribution in [0.2, 0.25) is 0 Å².